The van der Waals surface area contributed by atoms with E-state index in [0.717, 1.165) is 0 Å². The largest absolute Gasteiger partial charge is 0.496 e. The minimum atomic E-state index is -1.85. The number of hydrogen-bond donors (Lipinski definition) is 3. The van der Waals surface area contributed by atoms with Gasteiger partial charge in [0.2, 0.25) is 29.4 Å². The third-order valence-corrected chi connectivity index (χ3v) is 6.32. The molecule has 220 valence electrons. The highest BCUT2D eigenvalue weighted by atomic mass is 19.2. The van der Waals surface area contributed by atoms with Crippen LogP contribution in [0.2, 0.25) is 0 Å². The van der Waals surface area contributed by atoms with Crippen LogP contribution < -0.4 is 25.4 Å². The fourth-order valence-corrected chi connectivity index (χ4v) is 4.14. The fourth-order valence-electron chi connectivity index (χ4n) is 4.14. The van der Waals surface area contributed by atoms with Crippen LogP contribution in [0.25, 0.3) is 0 Å². The quantitative estimate of drug-likeness (QED) is 0.186. The number of carbonyl (C=O) groups is 5. The summed E-state index contributed by atoms with van der Waals surface area (Å²) >= 11 is 0. The van der Waals surface area contributed by atoms with E-state index in [1.54, 1.807) is 0 Å². The van der Waals surface area contributed by atoms with Crippen LogP contribution in [0.5, 0.6) is 11.5 Å². The highest BCUT2D eigenvalue weighted by molar-refractivity contribution is 5.95. The average Bonchev–Trinajstić information content (AvgIpc) is 3.34. The number of carbonyl (C=O) groups excluding carboxylic acids is 5. The van der Waals surface area contributed by atoms with Gasteiger partial charge in [0.15, 0.2) is 29.0 Å². The van der Waals surface area contributed by atoms with E-state index in [1.165, 1.54) is 32.2 Å². The number of Topliss-reactive ketones (excluding diaryl/α,β-unsaturated/α-hetero) is 2. The lowest BCUT2D eigenvalue weighted by molar-refractivity contribution is -0.130. The van der Waals surface area contributed by atoms with Gasteiger partial charge in [-0.25, -0.2) is 8.78 Å². The smallest absolute Gasteiger partial charge is 0.239 e. The lowest BCUT2D eigenvalue weighted by Crippen LogP contribution is -2.48. The summed E-state index contributed by atoms with van der Waals surface area (Å²) in [5.41, 5.74) is 0.746. The summed E-state index contributed by atoms with van der Waals surface area (Å²) < 4.78 is 64.7. The zero-order chi connectivity index (χ0) is 30.3. The number of benzene rings is 2. The molecule has 2 aromatic carbocycles. The van der Waals surface area contributed by atoms with Crippen molar-refractivity contribution < 1.29 is 51.0 Å². The van der Waals surface area contributed by atoms with Crippen LogP contribution in [-0.2, 0) is 25.6 Å². The molecule has 3 amide bonds. The second-order valence-electron chi connectivity index (χ2n) is 9.22. The van der Waals surface area contributed by atoms with Gasteiger partial charge in [-0.05, 0) is 38.0 Å². The van der Waals surface area contributed by atoms with Gasteiger partial charge in [0, 0.05) is 29.7 Å². The van der Waals surface area contributed by atoms with Gasteiger partial charge in [-0.3, -0.25) is 24.0 Å². The molecule has 0 saturated carbocycles. The number of methoxy groups -OCH3 is 1. The van der Waals surface area contributed by atoms with Crippen LogP contribution in [0.4, 0.5) is 17.6 Å². The number of ketones is 2. The molecule has 0 aromatic heterocycles. The first-order valence-corrected chi connectivity index (χ1v) is 12.4. The molecule has 1 heterocycles. The predicted molar refractivity (Wildman–Crippen MR) is 134 cm³/mol. The normalized spacial score (nSPS) is 15.1. The maximum Gasteiger partial charge on any atom is 0.239 e. The van der Waals surface area contributed by atoms with Gasteiger partial charge >= 0.3 is 0 Å². The Morgan fingerprint density at radius 3 is 2.32 bits per heavy atom. The van der Waals surface area contributed by atoms with Crippen molar-refractivity contribution in [2.24, 2.45) is 5.92 Å². The molecule has 14 heteroatoms. The van der Waals surface area contributed by atoms with E-state index in [0.29, 0.717) is 29.8 Å². The molecule has 1 aliphatic rings. The van der Waals surface area contributed by atoms with Gasteiger partial charge in [0.1, 0.15) is 12.4 Å². The molecular weight excluding hydrogens is 554 g/mol. The van der Waals surface area contributed by atoms with Gasteiger partial charge in [-0.1, -0.05) is 0 Å². The molecule has 0 bridgehead atoms. The molecule has 0 radical (unpaired) electrons. The Morgan fingerprint density at radius 1 is 1.05 bits per heavy atom. The summed E-state index contributed by atoms with van der Waals surface area (Å²) in [5, 5.41) is 7.29. The van der Waals surface area contributed by atoms with E-state index in [1.807, 2.05) is 0 Å². The molecule has 2 atom stereocenters. The van der Waals surface area contributed by atoms with Crippen molar-refractivity contribution in [3.8, 4) is 11.5 Å². The van der Waals surface area contributed by atoms with E-state index in [9.17, 15) is 41.5 Å². The molecule has 0 aliphatic carbocycles. The van der Waals surface area contributed by atoms with Crippen LogP contribution >= 0.6 is 0 Å². The van der Waals surface area contributed by atoms with Crippen LogP contribution in [0.15, 0.2) is 24.3 Å². The molecule has 2 unspecified atom stereocenters. The average molecular weight is 582 g/mol. The Morgan fingerprint density at radius 2 is 1.73 bits per heavy atom. The van der Waals surface area contributed by atoms with Crippen molar-refractivity contribution in [1.82, 2.24) is 16.0 Å². The van der Waals surface area contributed by atoms with E-state index >= 15 is 0 Å². The zero-order valence-corrected chi connectivity index (χ0v) is 22.1. The van der Waals surface area contributed by atoms with Crippen molar-refractivity contribution >= 4 is 29.3 Å². The summed E-state index contributed by atoms with van der Waals surface area (Å²) in [5.74, 6) is -11.9. The third kappa shape index (κ3) is 8.02. The van der Waals surface area contributed by atoms with Gasteiger partial charge in [-0.2, -0.15) is 8.78 Å². The molecule has 1 saturated heterocycles. The second-order valence-corrected chi connectivity index (χ2v) is 9.22. The van der Waals surface area contributed by atoms with Crippen molar-refractivity contribution in [3.63, 3.8) is 0 Å². The Balaban J connectivity index is 1.65. The second kappa shape index (κ2) is 13.7. The molecule has 3 N–H and O–H groups in total. The fraction of sp³-hybridized carbons (Fsp3) is 0.370. The van der Waals surface area contributed by atoms with Gasteiger partial charge in [0.25, 0.3) is 0 Å². The maximum atomic E-state index is 13.9. The number of rotatable bonds is 13. The van der Waals surface area contributed by atoms with Gasteiger partial charge < -0.3 is 25.4 Å². The first-order valence-electron chi connectivity index (χ1n) is 12.4. The van der Waals surface area contributed by atoms with E-state index < -0.39 is 71.7 Å². The van der Waals surface area contributed by atoms with Gasteiger partial charge in [0.05, 0.1) is 26.1 Å². The highest BCUT2D eigenvalue weighted by Gasteiger charge is 2.32. The molecule has 1 fully saturated rings. The Kier molecular flexibility index (Phi) is 10.4. The van der Waals surface area contributed by atoms with Crippen molar-refractivity contribution in [3.05, 3.63) is 58.7 Å². The lowest BCUT2D eigenvalue weighted by Gasteiger charge is -2.20. The third-order valence-electron chi connectivity index (χ3n) is 6.32. The van der Waals surface area contributed by atoms with E-state index in [-0.39, 0.29) is 30.6 Å². The van der Waals surface area contributed by atoms with Crippen molar-refractivity contribution in [1.29, 1.82) is 0 Å². The number of ether oxygens (including phenoxy) is 2. The van der Waals surface area contributed by atoms with Crippen LogP contribution in [0, 0.1) is 29.2 Å². The number of amides is 3. The SMILES string of the molecule is COc1ccc(C(C)=O)cc1CC(=O)NCC(=O)NC(CC1CCNC1=O)C(=O)COc1c(F)c(F)cc(F)c1F. The Bertz CT molecular complexity index is 1340. The molecule has 10 nitrogen and oxygen atoms in total. The van der Waals surface area contributed by atoms with Crippen molar-refractivity contribution in [2.75, 3.05) is 26.8 Å². The summed E-state index contributed by atoms with van der Waals surface area (Å²) in [6, 6.07) is 3.13. The monoisotopic (exact) mass is 581 g/mol. The molecule has 2 aromatic rings. The number of nitrogens with one attached hydrogen (secondary N) is 3. The van der Waals surface area contributed by atoms with Crippen LogP contribution in [0.3, 0.4) is 0 Å². The van der Waals surface area contributed by atoms with E-state index in [4.69, 9.17) is 9.47 Å². The predicted octanol–water partition coefficient (Wildman–Crippen LogP) is 1.77. The van der Waals surface area contributed by atoms with Crippen LogP contribution in [0.1, 0.15) is 35.7 Å². The maximum absolute atomic E-state index is 13.9. The highest BCUT2D eigenvalue weighted by Crippen LogP contribution is 2.27. The standard InChI is InChI=1S/C27H27F4N3O7/c1-13(35)14-3-4-21(40-2)16(7-14)9-22(37)33-11-23(38)34-19(8-15-5-6-32-27(15)39)20(36)12-41-26-24(30)17(28)10-18(29)25(26)31/h3-4,7,10,15,19H,5-6,8-9,11-12H2,1-2H3,(H,32,39)(H,33,37)(H,34,38). The molecule has 3 rings (SSSR count). The molecule has 0 spiro atoms. The minimum Gasteiger partial charge on any atom is -0.496 e. The lowest BCUT2D eigenvalue weighted by atomic mass is 9.96. The summed E-state index contributed by atoms with van der Waals surface area (Å²) in [6.07, 6.45) is -0.0990. The topological polar surface area (TPSA) is 140 Å². The summed E-state index contributed by atoms with van der Waals surface area (Å²) in [6.45, 7) is 0.0115. The first kappa shape index (κ1) is 31.0. The Hall–Kier alpha value is -4.49. The van der Waals surface area contributed by atoms with E-state index in [2.05, 4.69) is 16.0 Å². The molecule has 1 aliphatic heterocycles. The summed E-state index contributed by atoms with van der Waals surface area (Å²) in [7, 11) is 1.39. The molecular formula is C27H27F4N3O7. The van der Waals surface area contributed by atoms with Crippen LogP contribution in [-0.4, -0.2) is 62.1 Å². The van der Waals surface area contributed by atoms with Gasteiger partial charge in [-0.15, -0.1) is 0 Å². The molecule has 41 heavy (non-hydrogen) atoms. The number of halogens is 4. The minimum absolute atomic E-state index is 0.0223. The summed E-state index contributed by atoms with van der Waals surface area (Å²) in [4.78, 5) is 61.6. The van der Waals surface area contributed by atoms with Crippen molar-refractivity contribution in [2.45, 2.75) is 32.2 Å². The first-order chi connectivity index (χ1) is 19.4. The number of hydrogen-bond acceptors (Lipinski definition) is 7. The Labute approximate surface area is 231 Å². The zero-order valence-electron chi connectivity index (χ0n) is 22.1.